The molecule has 0 spiro atoms. The van der Waals surface area contributed by atoms with Crippen LogP contribution in [-0.4, -0.2) is 21.0 Å². The lowest BCUT2D eigenvalue weighted by Gasteiger charge is -2.08. The van der Waals surface area contributed by atoms with Gasteiger partial charge >= 0.3 is 11.7 Å². The zero-order chi connectivity index (χ0) is 15.4. The molecule has 0 atom stereocenters. The van der Waals surface area contributed by atoms with Gasteiger partial charge in [0.15, 0.2) is 5.75 Å². The van der Waals surface area contributed by atoms with Gasteiger partial charge in [0.2, 0.25) is 0 Å². The number of halogens is 1. The first-order chi connectivity index (χ1) is 9.99. The average molecular weight is 309 g/mol. The lowest BCUT2D eigenvalue weighted by atomic mass is 10.2. The van der Waals surface area contributed by atoms with Crippen LogP contribution in [0.25, 0.3) is 0 Å². The second kappa shape index (κ2) is 6.19. The number of carboxylic acids is 1. The maximum absolute atomic E-state index is 10.9. The molecule has 0 bridgehead atoms. The molecular formula is C13H9ClN2O5. The van der Waals surface area contributed by atoms with Crippen molar-refractivity contribution >= 4 is 23.3 Å². The molecule has 0 aliphatic rings. The van der Waals surface area contributed by atoms with E-state index in [0.717, 1.165) is 18.2 Å². The third-order valence-electron chi connectivity index (χ3n) is 2.64. The normalized spacial score (nSPS) is 10.1. The summed E-state index contributed by atoms with van der Waals surface area (Å²) in [4.78, 5) is 25.0. The molecule has 1 heterocycles. The molecule has 7 nitrogen and oxygen atoms in total. The molecule has 1 aromatic heterocycles. The fourth-order valence-electron chi connectivity index (χ4n) is 1.59. The second-order valence-electron chi connectivity index (χ2n) is 4.00. The summed E-state index contributed by atoms with van der Waals surface area (Å²) in [7, 11) is 0. The van der Waals surface area contributed by atoms with E-state index in [4.69, 9.17) is 21.4 Å². The van der Waals surface area contributed by atoms with Crippen molar-refractivity contribution in [1.29, 1.82) is 0 Å². The number of rotatable bonds is 5. The second-order valence-corrected chi connectivity index (χ2v) is 4.41. The van der Waals surface area contributed by atoms with Gasteiger partial charge in [0.05, 0.1) is 15.5 Å². The van der Waals surface area contributed by atoms with Gasteiger partial charge in [-0.25, -0.2) is 4.79 Å². The van der Waals surface area contributed by atoms with E-state index in [-0.39, 0.29) is 23.6 Å². The fourth-order valence-corrected chi connectivity index (χ4v) is 1.76. The van der Waals surface area contributed by atoms with E-state index >= 15 is 0 Å². The molecular weight excluding hydrogens is 300 g/mol. The number of ether oxygens (including phenoxy) is 1. The number of aromatic nitrogens is 1. The Hall–Kier alpha value is -2.67. The molecule has 1 N–H and O–H groups in total. The largest absolute Gasteiger partial charge is 0.482 e. The number of carboxylic acid groups (broad SMARTS) is 1. The Morgan fingerprint density at radius 1 is 1.43 bits per heavy atom. The molecule has 2 rings (SSSR count). The first-order valence-corrected chi connectivity index (χ1v) is 6.09. The van der Waals surface area contributed by atoms with Crippen LogP contribution < -0.4 is 4.74 Å². The number of pyridine rings is 1. The van der Waals surface area contributed by atoms with Crippen LogP contribution in [0.1, 0.15) is 15.9 Å². The highest BCUT2D eigenvalue weighted by molar-refractivity contribution is 6.31. The Labute approximate surface area is 123 Å². The van der Waals surface area contributed by atoms with Gasteiger partial charge in [-0.3, -0.25) is 15.1 Å². The van der Waals surface area contributed by atoms with E-state index in [0.29, 0.717) is 10.6 Å². The predicted molar refractivity (Wildman–Crippen MR) is 73.6 cm³/mol. The van der Waals surface area contributed by atoms with Crippen LogP contribution in [0.2, 0.25) is 5.02 Å². The number of hydrogen-bond donors (Lipinski definition) is 1. The third-order valence-corrected chi connectivity index (χ3v) is 2.98. The number of nitro benzene ring substituents is 1. The van der Waals surface area contributed by atoms with E-state index in [2.05, 4.69) is 4.98 Å². The van der Waals surface area contributed by atoms with Gasteiger partial charge in [0.1, 0.15) is 6.61 Å². The average Bonchev–Trinajstić information content (AvgIpc) is 2.46. The van der Waals surface area contributed by atoms with Gasteiger partial charge in [-0.1, -0.05) is 11.6 Å². The van der Waals surface area contributed by atoms with E-state index < -0.39 is 10.9 Å². The first-order valence-electron chi connectivity index (χ1n) is 5.72. The molecule has 1 aromatic carbocycles. The maximum atomic E-state index is 10.9. The van der Waals surface area contributed by atoms with Crippen molar-refractivity contribution in [2.45, 2.75) is 6.61 Å². The SMILES string of the molecule is O=C(O)c1ccc([N+](=O)[O-])c(OCc2ccncc2Cl)c1. The van der Waals surface area contributed by atoms with Crippen LogP contribution in [0.5, 0.6) is 5.75 Å². The maximum Gasteiger partial charge on any atom is 0.335 e. The Kier molecular flexibility index (Phi) is 4.34. The number of carbonyl (C=O) groups is 1. The van der Waals surface area contributed by atoms with Crippen LogP contribution in [0.4, 0.5) is 5.69 Å². The van der Waals surface area contributed by atoms with Crippen molar-refractivity contribution in [1.82, 2.24) is 4.98 Å². The van der Waals surface area contributed by atoms with E-state index in [1.165, 1.54) is 12.4 Å². The predicted octanol–water partition coefficient (Wildman–Crippen LogP) is 2.92. The smallest absolute Gasteiger partial charge is 0.335 e. The Balaban J connectivity index is 2.29. The highest BCUT2D eigenvalue weighted by atomic mass is 35.5. The van der Waals surface area contributed by atoms with Crippen molar-refractivity contribution in [2.75, 3.05) is 0 Å². The Bertz CT molecular complexity index is 705. The summed E-state index contributed by atoms with van der Waals surface area (Å²) in [5.41, 5.74) is 0.170. The zero-order valence-corrected chi connectivity index (χ0v) is 11.3. The summed E-state index contributed by atoms with van der Waals surface area (Å²) in [6.45, 7) is -0.0364. The van der Waals surface area contributed by atoms with Crippen molar-refractivity contribution in [3.05, 3.63) is 62.9 Å². The van der Waals surface area contributed by atoms with Gasteiger partial charge in [-0.05, 0) is 12.1 Å². The molecule has 0 fully saturated rings. The van der Waals surface area contributed by atoms with E-state index in [9.17, 15) is 14.9 Å². The monoisotopic (exact) mass is 308 g/mol. The first kappa shape index (κ1) is 14.7. The number of hydrogen-bond acceptors (Lipinski definition) is 5. The number of benzene rings is 1. The van der Waals surface area contributed by atoms with Crippen LogP contribution in [0, 0.1) is 10.1 Å². The summed E-state index contributed by atoms with van der Waals surface area (Å²) in [6, 6.07) is 4.95. The molecule has 0 aliphatic heterocycles. The number of aromatic carboxylic acids is 1. The highest BCUT2D eigenvalue weighted by Crippen LogP contribution is 2.29. The van der Waals surface area contributed by atoms with E-state index in [1.54, 1.807) is 6.07 Å². The summed E-state index contributed by atoms with van der Waals surface area (Å²) in [5, 5.41) is 20.2. The summed E-state index contributed by atoms with van der Waals surface area (Å²) in [5.74, 6) is -1.33. The quantitative estimate of drug-likeness (QED) is 0.673. The Morgan fingerprint density at radius 3 is 2.81 bits per heavy atom. The minimum absolute atomic E-state index is 0.0364. The fraction of sp³-hybridized carbons (Fsp3) is 0.0769. The summed E-state index contributed by atoms with van der Waals surface area (Å²) in [6.07, 6.45) is 2.93. The molecule has 2 aromatic rings. The minimum atomic E-state index is -1.20. The standard InChI is InChI=1S/C13H9ClN2O5/c14-10-6-15-4-3-9(10)7-21-12-5-8(13(17)18)1-2-11(12)16(19)20/h1-6H,7H2,(H,17,18). The summed E-state index contributed by atoms with van der Waals surface area (Å²) < 4.78 is 5.34. The van der Waals surface area contributed by atoms with Crippen LogP contribution >= 0.6 is 11.6 Å². The zero-order valence-electron chi connectivity index (χ0n) is 10.5. The molecule has 0 aliphatic carbocycles. The number of nitrogens with zero attached hydrogens (tertiary/aromatic N) is 2. The minimum Gasteiger partial charge on any atom is -0.482 e. The van der Waals surface area contributed by atoms with Gasteiger partial charge < -0.3 is 9.84 Å². The van der Waals surface area contributed by atoms with Crippen molar-refractivity contribution in [2.24, 2.45) is 0 Å². The lowest BCUT2D eigenvalue weighted by Crippen LogP contribution is -2.03. The van der Waals surface area contributed by atoms with Gasteiger partial charge in [0.25, 0.3) is 0 Å². The van der Waals surface area contributed by atoms with Crippen molar-refractivity contribution < 1.29 is 19.6 Å². The number of nitro groups is 1. The van der Waals surface area contributed by atoms with Gasteiger partial charge in [-0.2, -0.15) is 0 Å². The van der Waals surface area contributed by atoms with Gasteiger partial charge in [-0.15, -0.1) is 0 Å². The van der Waals surface area contributed by atoms with Gasteiger partial charge in [0, 0.05) is 30.1 Å². The molecule has 0 amide bonds. The molecule has 8 heteroatoms. The van der Waals surface area contributed by atoms with E-state index in [1.807, 2.05) is 0 Å². The molecule has 0 unspecified atom stereocenters. The summed E-state index contributed by atoms with van der Waals surface area (Å²) >= 11 is 5.90. The van der Waals surface area contributed by atoms with Crippen LogP contribution in [0.15, 0.2) is 36.7 Å². The lowest BCUT2D eigenvalue weighted by molar-refractivity contribution is -0.385. The highest BCUT2D eigenvalue weighted by Gasteiger charge is 2.18. The molecule has 108 valence electrons. The topological polar surface area (TPSA) is 103 Å². The molecule has 0 saturated carbocycles. The molecule has 0 radical (unpaired) electrons. The Morgan fingerprint density at radius 2 is 2.19 bits per heavy atom. The molecule has 21 heavy (non-hydrogen) atoms. The van der Waals surface area contributed by atoms with Crippen LogP contribution in [-0.2, 0) is 6.61 Å². The van der Waals surface area contributed by atoms with Crippen molar-refractivity contribution in [3.63, 3.8) is 0 Å². The van der Waals surface area contributed by atoms with Crippen molar-refractivity contribution in [3.8, 4) is 5.75 Å². The third kappa shape index (κ3) is 3.46. The van der Waals surface area contributed by atoms with Crippen LogP contribution in [0.3, 0.4) is 0 Å². The molecule has 0 saturated heterocycles.